The number of hydrogen-bond donors (Lipinski definition) is 1. The maximum atomic E-state index is 3.35. The van der Waals surface area contributed by atoms with Crippen LogP contribution in [0.15, 0.2) is 0 Å². The van der Waals surface area contributed by atoms with Gasteiger partial charge in [0.1, 0.15) is 0 Å². The molecule has 1 aliphatic rings. The Morgan fingerprint density at radius 1 is 1.67 bits per heavy atom. The van der Waals surface area contributed by atoms with Gasteiger partial charge in [0.25, 0.3) is 0 Å². The minimum absolute atomic E-state index is 0.859. The van der Waals surface area contributed by atoms with Crippen LogP contribution in [-0.4, -0.2) is 28.2 Å². The summed E-state index contributed by atoms with van der Waals surface area (Å²) < 4.78 is 0. The molecule has 0 aromatic carbocycles. The molecule has 2 unspecified atom stereocenters. The molecule has 0 bridgehead atoms. The molecule has 2 atom stereocenters. The molecular weight excluding hydrogens is 137 g/mol. The molecule has 1 heterocycles. The van der Waals surface area contributed by atoms with Crippen LogP contribution in [0, 0.1) is 0 Å². The molecule has 6 heavy (non-hydrogen) atoms. The summed E-state index contributed by atoms with van der Waals surface area (Å²) >= 11 is 1.83. The van der Waals surface area contributed by atoms with Gasteiger partial charge in [-0.05, 0) is 0 Å². The third-order valence-electron chi connectivity index (χ3n) is 1.10. The zero-order chi connectivity index (χ0) is 4.41. The van der Waals surface area contributed by atoms with Crippen LogP contribution in [-0.2, 0) is 0 Å². The molecule has 1 rings (SSSR count). The van der Waals surface area contributed by atoms with Crippen molar-refractivity contribution in [2.75, 3.05) is 6.54 Å². The average Bonchev–Trinajstić information content (AvgIpc) is 1.86. The SMILES string of the molecule is [AsH2]C1CCCN1. The molecule has 0 amide bonds. The summed E-state index contributed by atoms with van der Waals surface area (Å²) in [5.74, 6) is 0. The van der Waals surface area contributed by atoms with Gasteiger partial charge in [-0.3, -0.25) is 0 Å². The van der Waals surface area contributed by atoms with Gasteiger partial charge in [0, 0.05) is 0 Å². The van der Waals surface area contributed by atoms with Crippen LogP contribution in [0.3, 0.4) is 0 Å². The third-order valence-corrected chi connectivity index (χ3v) is 2.29. The molecular formula is C4H10AsN. The van der Waals surface area contributed by atoms with Gasteiger partial charge in [0.05, 0.1) is 0 Å². The van der Waals surface area contributed by atoms with E-state index >= 15 is 0 Å². The number of nitrogens with one attached hydrogen (secondary N) is 1. The fourth-order valence-electron chi connectivity index (χ4n) is 0.711. The van der Waals surface area contributed by atoms with Crippen molar-refractivity contribution in [3.05, 3.63) is 0 Å². The Kier molecular flexibility index (Phi) is 1.55. The van der Waals surface area contributed by atoms with Crippen molar-refractivity contribution in [3.63, 3.8) is 0 Å². The van der Waals surface area contributed by atoms with Gasteiger partial charge >= 0.3 is 46.4 Å². The monoisotopic (exact) mass is 147 g/mol. The predicted molar refractivity (Wildman–Crippen MR) is 29.6 cm³/mol. The van der Waals surface area contributed by atoms with Crippen molar-refractivity contribution in [2.45, 2.75) is 17.7 Å². The molecule has 1 saturated heterocycles. The van der Waals surface area contributed by atoms with E-state index in [-0.39, 0.29) is 0 Å². The number of rotatable bonds is 0. The molecule has 0 radical (unpaired) electrons. The summed E-state index contributed by atoms with van der Waals surface area (Å²) in [4.78, 5) is 0.859. The fraction of sp³-hybridized carbons (Fsp3) is 1.00. The van der Waals surface area contributed by atoms with Crippen LogP contribution in [0.4, 0.5) is 0 Å². The molecule has 0 aromatic rings. The first-order valence-corrected chi connectivity index (χ1v) is 3.78. The molecule has 0 aromatic heterocycles. The summed E-state index contributed by atoms with van der Waals surface area (Å²) in [6, 6.07) is 0. The van der Waals surface area contributed by atoms with Gasteiger partial charge in [0.2, 0.25) is 0 Å². The van der Waals surface area contributed by atoms with Gasteiger partial charge < -0.3 is 0 Å². The van der Waals surface area contributed by atoms with Gasteiger partial charge in [0.15, 0.2) is 0 Å². The van der Waals surface area contributed by atoms with E-state index in [1.165, 1.54) is 19.4 Å². The van der Waals surface area contributed by atoms with E-state index in [2.05, 4.69) is 5.32 Å². The van der Waals surface area contributed by atoms with E-state index < -0.39 is 0 Å². The maximum absolute atomic E-state index is 3.35. The van der Waals surface area contributed by atoms with E-state index in [1.807, 2.05) is 16.9 Å². The van der Waals surface area contributed by atoms with E-state index in [0.29, 0.717) is 0 Å². The second-order valence-corrected chi connectivity index (χ2v) is 3.39. The normalized spacial score (nSPS) is 34.5. The second-order valence-electron chi connectivity index (χ2n) is 1.70. The Bertz CT molecular complexity index is 40.8. The molecule has 1 aliphatic heterocycles. The summed E-state index contributed by atoms with van der Waals surface area (Å²) in [6.07, 6.45) is 2.79. The van der Waals surface area contributed by atoms with Gasteiger partial charge in [-0.2, -0.15) is 0 Å². The zero-order valence-electron chi connectivity index (χ0n) is 3.78. The first kappa shape index (κ1) is 4.67. The summed E-state index contributed by atoms with van der Waals surface area (Å²) in [5.41, 5.74) is 0. The topological polar surface area (TPSA) is 12.0 Å². The van der Waals surface area contributed by atoms with Crippen molar-refractivity contribution in [1.29, 1.82) is 0 Å². The Balaban J connectivity index is 2.18. The Hall–Kier alpha value is 0.518. The molecule has 1 N–H and O–H groups in total. The van der Waals surface area contributed by atoms with Crippen LogP contribution < -0.4 is 5.32 Å². The fourth-order valence-corrected chi connectivity index (χ4v) is 1.56. The van der Waals surface area contributed by atoms with Crippen molar-refractivity contribution in [1.82, 2.24) is 5.32 Å². The quantitative estimate of drug-likeness (QED) is 0.448. The van der Waals surface area contributed by atoms with Gasteiger partial charge in [-0.15, -0.1) is 0 Å². The van der Waals surface area contributed by atoms with E-state index in [9.17, 15) is 0 Å². The first-order valence-electron chi connectivity index (χ1n) is 2.38. The Morgan fingerprint density at radius 3 is 2.67 bits per heavy atom. The minimum atomic E-state index is 0.859. The van der Waals surface area contributed by atoms with Crippen LogP contribution in [0.25, 0.3) is 0 Å². The molecule has 2 heteroatoms. The van der Waals surface area contributed by atoms with Gasteiger partial charge in [-0.1, -0.05) is 0 Å². The van der Waals surface area contributed by atoms with Crippen molar-refractivity contribution < 1.29 is 0 Å². The van der Waals surface area contributed by atoms with Crippen molar-refractivity contribution in [3.8, 4) is 0 Å². The zero-order valence-corrected chi connectivity index (χ0v) is 6.20. The molecule has 1 fully saturated rings. The van der Waals surface area contributed by atoms with E-state index in [0.717, 1.165) is 4.83 Å². The Labute approximate surface area is 47.0 Å². The molecule has 0 saturated carbocycles. The molecule has 0 spiro atoms. The van der Waals surface area contributed by atoms with Crippen LogP contribution in [0.1, 0.15) is 12.8 Å². The molecule has 1 nitrogen and oxygen atoms in total. The van der Waals surface area contributed by atoms with Gasteiger partial charge in [-0.25, -0.2) is 0 Å². The molecule has 0 aliphatic carbocycles. The third kappa shape index (κ3) is 0.990. The Morgan fingerprint density at radius 2 is 2.50 bits per heavy atom. The first-order chi connectivity index (χ1) is 2.89. The summed E-state index contributed by atoms with van der Waals surface area (Å²) in [6.45, 7) is 1.25. The van der Waals surface area contributed by atoms with Crippen LogP contribution in [0.2, 0.25) is 0 Å². The standard InChI is InChI=1S/C4H10AsN/c5-4-2-1-3-6-4/h4,6H,1-3,5H2. The van der Waals surface area contributed by atoms with Crippen LogP contribution in [0.5, 0.6) is 0 Å². The van der Waals surface area contributed by atoms with Crippen molar-refractivity contribution in [2.24, 2.45) is 0 Å². The summed E-state index contributed by atoms with van der Waals surface area (Å²) in [5, 5.41) is 3.35. The molecule has 36 valence electrons. The predicted octanol–water partition coefficient (Wildman–Crippen LogP) is -0.671. The number of hydrogen-bond acceptors (Lipinski definition) is 1. The van der Waals surface area contributed by atoms with E-state index in [4.69, 9.17) is 0 Å². The van der Waals surface area contributed by atoms with Crippen molar-refractivity contribution >= 4 is 16.9 Å². The summed E-state index contributed by atoms with van der Waals surface area (Å²) in [7, 11) is 0. The van der Waals surface area contributed by atoms with E-state index in [1.54, 1.807) is 0 Å². The second kappa shape index (κ2) is 1.99. The average molecular weight is 147 g/mol. The van der Waals surface area contributed by atoms with Crippen LogP contribution >= 0.6 is 0 Å².